The molecule has 4 rings (SSSR count). The van der Waals surface area contributed by atoms with Gasteiger partial charge in [0.1, 0.15) is 23.2 Å². The molecule has 1 aromatic heterocycles. The first-order valence-electron chi connectivity index (χ1n) is 14.0. The van der Waals surface area contributed by atoms with Crippen LogP contribution in [0.25, 0.3) is 0 Å². The normalized spacial score (nSPS) is 19.9. The van der Waals surface area contributed by atoms with Crippen LogP contribution in [0.4, 0.5) is 4.79 Å². The van der Waals surface area contributed by atoms with E-state index >= 15 is 0 Å². The van der Waals surface area contributed by atoms with E-state index in [1.165, 1.54) is 6.42 Å². The summed E-state index contributed by atoms with van der Waals surface area (Å²) in [4.78, 5) is 19.1. The van der Waals surface area contributed by atoms with Crippen LogP contribution in [0.15, 0.2) is 59.4 Å². The molecule has 0 bridgehead atoms. The number of benzene rings is 1. The lowest BCUT2D eigenvalue weighted by molar-refractivity contribution is 0.171. The van der Waals surface area contributed by atoms with Crippen molar-refractivity contribution in [3.8, 4) is 5.75 Å². The number of carbonyl (C=O) groups is 1. The van der Waals surface area contributed by atoms with Crippen LogP contribution in [-0.4, -0.2) is 47.4 Å². The van der Waals surface area contributed by atoms with Crippen LogP contribution in [0.5, 0.6) is 5.75 Å². The zero-order valence-corrected chi connectivity index (χ0v) is 24.0. The highest BCUT2D eigenvalue weighted by Gasteiger charge is 2.30. The molecule has 0 spiro atoms. The Balaban J connectivity index is 1.47. The molecule has 1 aromatic carbocycles. The molecule has 2 atom stereocenters. The maximum Gasteiger partial charge on any atom is 0.320 e. The van der Waals surface area contributed by atoms with E-state index in [-0.39, 0.29) is 29.1 Å². The van der Waals surface area contributed by atoms with E-state index in [1.807, 2.05) is 49.9 Å². The van der Waals surface area contributed by atoms with Crippen LogP contribution in [0.1, 0.15) is 76.1 Å². The Morgan fingerprint density at radius 3 is 2.48 bits per heavy atom. The third-order valence-corrected chi connectivity index (χ3v) is 7.47. The van der Waals surface area contributed by atoms with Gasteiger partial charge in [0.25, 0.3) is 0 Å². The first kappa shape index (κ1) is 28.9. The molecule has 2 aliphatic rings. The van der Waals surface area contributed by atoms with Gasteiger partial charge in [-0.05, 0) is 61.4 Å². The monoisotopic (exact) mass is 546 g/mol. The summed E-state index contributed by atoms with van der Waals surface area (Å²) in [6.45, 7) is 7.68. The topological polar surface area (TPSA) is 145 Å². The maximum absolute atomic E-state index is 12.9. The van der Waals surface area contributed by atoms with Crippen molar-refractivity contribution < 1.29 is 9.53 Å². The minimum absolute atomic E-state index is 0.189. The number of piperidine rings is 1. The summed E-state index contributed by atoms with van der Waals surface area (Å²) in [5.41, 5.74) is 8.81. The van der Waals surface area contributed by atoms with Gasteiger partial charge in [-0.2, -0.15) is 0 Å². The van der Waals surface area contributed by atoms with E-state index in [0.29, 0.717) is 36.1 Å². The zero-order valence-electron chi connectivity index (χ0n) is 24.0. The largest absolute Gasteiger partial charge is 0.484 e. The van der Waals surface area contributed by atoms with Crippen molar-refractivity contribution in [2.24, 2.45) is 16.1 Å². The standard InChI is InChI=1S/C30H42N8O2/c1-30(2,3)25(31)18-27(34-4)36-29(39)35-23-13-14-24(22-11-7-6-10-21(22)23)40-20-12-15-26(32)38(19-20)28(33)37-16-8-5-9-17-37/h6-7,10-12,15,18-19,23-24,32-33H,5,8-9,13-14,16-17,31H2,1-4H3,(H2,34,35,36,39)/b25-18-,32-26?,33-28?. The van der Waals surface area contributed by atoms with Gasteiger partial charge in [-0.1, -0.05) is 45.0 Å². The van der Waals surface area contributed by atoms with E-state index in [2.05, 4.69) is 15.6 Å². The minimum atomic E-state index is -0.346. The Hall–Kier alpha value is -4.08. The number of nitrogens with two attached hydrogens (primary N) is 1. The number of likely N-dealkylation sites (tertiary alicyclic amines) is 1. The van der Waals surface area contributed by atoms with Crippen molar-refractivity contribution in [2.45, 2.75) is 65.0 Å². The number of fused-ring (bicyclic) bond motifs is 1. The van der Waals surface area contributed by atoms with Gasteiger partial charge < -0.3 is 20.7 Å². The highest BCUT2D eigenvalue weighted by Crippen LogP contribution is 2.38. The second kappa shape index (κ2) is 12.4. The van der Waals surface area contributed by atoms with E-state index in [0.717, 1.165) is 37.1 Å². The molecule has 6 N–H and O–H groups in total. The van der Waals surface area contributed by atoms with Crippen LogP contribution in [0.2, 0.25) is 0 Å². The molecule has 214 valence electrons. The van der Waals surface area contributed by atoms with E-state index < -0.39 is 0 Å². The molecule has 0 saturated carbocycles. The Labute approximate surface area is 236 Å². The second-order valence-electron chi connectivity index (χ2n) is 11.4. The third-order valence-electron chi connectivity index (χ3n) is 7.47. The number of urea groups is 1. The van der Waals surface area contributed by atoms with Crippen LogP contribution in [0, 0.1) is 16.2 Å². The summed E-state index contributed by atoms with van der Waals surface area (Å²) in [6.07, 6.45) is 7.90. The first-order chi connectivity index (χ1) is 19.1. The van der Waals surface area contributed by atoms with E-state index in [4.69, 9.17) is 21.3 Å². The van der Waals surface area contributed by atoms with Gasteiger partial charge in [0.15, 0.2) is 0 Å². The van der Waals surface area contributed by atoms with Crippen molar-refractivity contribution in [2.75, 3.05) is 20.1 Å². The molecule has 2 unspecified atom stereocenters. The Bertz CT molecular complexity index is 1350. The summed E-state index contributed by atoms with van der Waals surface area (Å²) in [7, 11) is 1.62. The van der Waals surface area contributed by atoms with Crippen LogP contribution in [-0.2, 0) is 0 Å². The van der Waals surface area contributed by atoms with Crippen LogP contribution in [0.3, 0.4) is 0 Å². The number of nitrogens with one attached hydrogen (secondary N) is 4. The molecule has 40 heavy (non-hydrogen) atoms. The number of rotatable bonds is 4. The molecule has 1 aliphatic heterocycles. The van der Waals surface area contributed by atoms with Crippen molar-refractivity contribution in [1.29, 1.82) is 10.8 Å². The number of nitrogens with zero attached hydrogens (tertiary/aromatic N) is 3. The predicted molar refractivity (Wildman–Crippen MR) is 157 cm³/mol. The fraction of sp³-hybridized carbons (Fsp3) is 0.467. The summed E-state index contributed by atoms with van der Waals surface area (Å²) in [5, 5.41) is 22.9. The van der Waals surface area contributed by atoms with Crippen LogP contribution < -0.4 is 26.6 Å². The number of amidine groups is 1. The summed E-state index contributed by atoms with van der Waals surface area (Å²) < 4.78 is 8.02. The number of ether oxygens (including phenoxy) is 1. The molecule has 1 saturated heterocycles. The van der Waals surface area contributed by atoms with Crippen molar-refractivity contribution in [3.05, 3.63) is 71.0 Å². The fourth-order valence-corrected chi connectivity index (χ4v) is 5.00. The molecule has 10 heteroatoms. The summed E-state index contributed by atoms with van der Waals surface area (Å²) in [6, 6.07) is 10.9. The third kappa shape index (κ3) is 6.91. The molecule has 2 heterocycles. The smallest absolute Gasteiger partial charge is 0.320 e. The molecule has 2 amide bonds. The van der Waals surface area contributed by atoms with Gasteiger partial charge in [-0.3, -0.25) is 25.7 Å². The summed E-state index contributed by atoms with van der Waals surface area (Å²) in [5.74, 6) is 1.31. The lowest BCUT2D eigenvalue weighted by Crippen LogP contribution is -2.43. The fourth-order valence-electron chi connectivity index (χ4n) is 5.00. The van der Waals surface area contributed by atoms with Gasteiger partial charge in [-0.25, -0.2) is 4.79 Å². The van der Waals surface area contributed by atoms with Crippen LogP contribution >= 0.6 is 0 Å². The highest BCUT2D eigenvalue weighted by atomic mass is 16.5. The van der Waals surface area contributed by atoms with Crippen molar-refractivity contribution in [3.63, 3.8) is 0 Å². The predicted octanol–water partition coefficient (Wildman–Crippen LogP) is 4.41. The number of hydrogen-bond acceptors (Lipinski definition) is 6. The lowest BCUT2D eigenvalue weighted by atomic mass is 9.85. The number of allylic oxidation sites excluding steroid dienone is 1. The van der Waals surface area contributed by atoms with Gasteiger partial charge >= 0.3 is 6.03 Å². The minimum Gasteiger partial charge on any atom is -0.484 e. The highest BCUT2D eigenvalue weighted by molar-refractivity contribution is 6.04. The molecular weight excluding hydrogens is 504 g/mol. The Kier molecular flexibility index (Phi) is 8.96. The van der Waals surface area contributed by atoms with Crippen molar-refractivity contribution >= 4 is 17.8 Å². The van der Waals surface area contributed by atoms with Gasteiger partial charge in [0.2, 0.25) is 5.96 Å². The molecule has 10 nitrogen and oxygen atoms in total. The van der Waals surface area contributed by atoms with Gasteiger partial charge in [0, 0.05) is 31.2 Å². The molecule has 1 fully saturated rings. The van der Waals surface area contributed by atoms with Crippen molar-refractivity contribution in [1.82, 2.24) is 20.1 Å². The Morgan fingerprint density at radius 1 is 1.10 bits per heavy atom. The number of aromatic nitrogens is 1. The van der Waals surface area contributed by atoms with Gasteiger partial charge in [-0.15, -0.1) is 0 Å². The van der Waals surface area contributed by atoms with E-state index in [9.17, 15) is 4.79 Å². The molecule has 1 aliphatic carbocycles. The number of hydrogen-bond donors (Lipinski definition) is 5. The lowest BCUT2D eigenvalue weighted by Gasteiger charge is -2.33. The zero-order chi connectivity index (χ0) is 28.9. The quantitative estimate of drug-likeness (QED) is 0.286. The number of amides is 2. The average molecular weight is 547 g/mol. The van der Waals surface area contributed by atoms with E-state index in [1.54, 1.807) is 36.0 Å². The molecule has 2 aromatic rings. The summed E-state index contributed by atoms with van der Waals surface area (Å²) >= 11 is 0. The number of carbonyl (C=O) groups excluding carboxylic acids is 1. The number of pyridine rings is 1. The second-order valence-corrected chi connectivity index (χ2v) is 11.4. The average Bonchev–Trinajstić information content (AvgIpc) is 2.94. The number of aliphatic imine (C=N–C) groups is 1. The molecular formula is C30H42N8O2. The maximum atomic E-state index is 12.9. The Morgan fingerprint density at radius 2 is 1.80 bits per heavy atom. The van der Waals surface area contributed by atoms with Gasteiger partial charge in [0.05, 0.1) is 12.2 Å². The molecule has 0 radical (unpaired) electrons. The first-order valence-corrected chi connectivity index (χ1v) is 14.0. The SMILES string of the molecule is CN=C(/C=C(\N)C(C)(C)C)NC(=O)NC1CCC(Oc2ccc(=N)n(C(=N)N3CCCCC3)c2)c2ccccc21.